The van der Waals surface area contributed by atoms with Crippen LogP contribution in [0.5, 0.6) is 0 Å². The summed E-state index contributed by atoms with van der Waals surface area (Å²) in [5.74, 6) is -1.62. The molecule has 5 nitrogen and oxygen atoms in total. The van der Waals surface area contributed by atoms with Crippen LogP contribution in [-0.4, -0.2) is 31.1 Å². The topological polar surface area (TPSA) is 64.6 Å². The van der Waals surface area contributed by atoms with Gasteiger partial charge in [0, 0.05) is 17.2 Å². The quantitative estimate of drug-likeness (QED) is 0.741. The molecule has 0 fully saturated rings. The first-order chi connectivity index (χ1) is 11.5. The summed E-state index contributed by atoms with van der Waals surface area (Å²) in [6.07, 6.45) is -0.587. The lowest BCUT2D eigenvalue weighted by Crippen LogP contribution is -2.40. The van der Waals surface area contributed by atoms with Crippen molar-refractivity contribution in [3.8, 4) is 0 Å². The number of ketones is 1. The molecule has 4 rings (SSSR count). The Labute approximate surface area is 145 Å². The van der Waals surface area contributed by atoms with Crippen molar-refractivity contribution in [2.24, 2.45) is 0 Å². The van der Waals surface area contributed by atoms with Gasteiger partial charge in [0.2, 0.25) is 0 Å². The third-order valence-electron chi connectivity index (χ3n) is 4.49. The molecule has 3 heterocycles. The van der Waals surface area contributed by atoms with Gasteiger partial charge in [0.05, 0.1) is 22.3 Å². The summed E-state index contributed by atoms with van der Waals surface area (Å²) in [6.45, 7) is 2.07. The van der Waals surface area contributed by atoms with Gasteiger partial charge in [-0.05, 0) is 40.5 Å². The average molecular weight is 394 g/mol. The molecule has 2 atom stereocenters. The van der Waals surface area contributed by atoms with Crippen molar-refractivity contribution in [1.82, 2.24) is 5.32 Å². The smallest absolute Gasteiger partial charge is 0.337 e. The van der Waals surface area contributed by atoms with Gasteiger partial charge in [-0.3, -0.25) is 4.79 Å². The molecule has 3 aliphatic rings. The Morgan fingerprint density at radius 1 is 1.21 bits per heavy atom. The Balaban J connectivity index is 1.91. The molecule has 0 unspecified atom stereocenters. The lowest BCUT2D eigenvalue weighted by atomic mass is 9.77. The molecular weight excluding hydrogens is 381 g/mol. The number of ether oxygens (including phenoxy) is 2. The van der Waals surface area contributed by atoms with Gasteiger partial charge < -0.3 is 14.8 Å². The van der Waals surface area contributed by atoms with E-state index in [1.54, 1.807) is 19.1 Å². The van der Waals surface area contributed by atoms with Gasteiger partial charge in [0.1, 0.15) is 18.5 Å². The standard InChI is InChI=1S/C17H13BrFNO4/c1-7-16(21)14-11(5-23-7)20-12-6-24-17(22)15(12)13(14)8-2-3-10(19)9(18)4-8/h2-4,7,13,20H,5-6H2,1H3/t7-,13-/m0/s1. The van der Waals surface area contributed by atoms with Crippen LogP contribution in [0.3, 0.4) is 0 Å². The number of Topliss-reactive ketones (excluding diaryl/α,β-unsaturated/α-hetero) is 1. The third kappa shape index (κ3) is 2.22. The predicted octanol–water partition coefficient (Wildman–Crippen LogP) is 2.33. The highest BCUT2D eigenvalue weighted by molar-refractivity contribution is 9.10. The van der Waals surface area contributed by atoms with Crippen molar-refractivity contribution >= 4 is 27.7 Å². The molecule has 3 aliphatic heterocycles. The molecule has 0 bridgehead atoms. The minimum absolute atomic E-state index is 0.132. The largest absolute Gasteiger partial charge is 0.456 e. The summed E-state index contributed by atoms with van der Waals surface area (Å²) in [5.41, 5.74) is 2.83. The van der Waals surface area contributed by atoms with Crippen LogP contribution in [0.4, 0.5) is 4.39 Å². The molecule has 7 heteroatoms. The van der Waals surface area contributed by atoms with Crippen LogP contribution in [-0.2, 0) is 19.1 Å². The van der Waals surface area contributed by atoms with E-state index in [9.17, 15) is 14.0 Å². The maximum Gasteiger partial charge on any atom is 0.337 e. The second-order valence-corrected chi connectivity index (χ2v) is 6.76. The van der Waals surface area contributed by atoms with Crippen LogP contribution in [0.25, 0.3) is 0 Å². The Kier molecular flexibility index (Phi) is 3.58. The Bertz CT molecular complexity index is 845. The van der Waals surface area contributed by atoms with E-state index in [-0.39, 0.29) is 23.5 Å². The van der Waals surface area contributed by atoms with E-state index in [1.165, 1.54) is 6.07 Å². The normalized spacial score (nSPS) is 26.1. The minimum atomic E-state index is -0.587. The predicted molar refractivity (Wildman–Crippen MR) is 85.4 cm³/mol. The number of benzene rings is 1. The number of nitrogens with one attached hydrogen (secondary N) is 1. The van der Waals surface area contributed by atoms with Crippen LogP contribution in [0.2, 0.25) is 0 Å². The van der Waals surface area contributed by atoms with Crippen LogP contribution in [0, 0.1) is 5.82 Å². The summed E-state index contributed by atoms with van der Waals surface area (Å²) in [5, 5.41) is 3.11. The SMILES string of the molecule is C[C@@H]1OCC2=C(C1=O)[C@H](c1ccc(F)c(Br)c1)C1=C(COC1=O)N2. The highest BCUT2D eigenvalue weighted by Crippen LogP contribution is 2.43. The number of esters is 1. The van der Waals surface area contributed by atoms with Crippen molar-refractivity contribution in [2.75, 3.05) is 13.2 Å². The number of carbonyl (C=O) groups excluding carboxylic acids is 2. The van der Waals surface area contributed by atoms with Crippen molar-refractivity contribution in [3.05, 3.63) is 56.6 Å². The summed E-state index contributed by atoms with van der Waals surface area (Å²) < 4.78 is 24.5. The molecule has 24 heavy (non-hydrogen) atoms. The zero-order chi connectivity index (χ0) is 17.0. The summed E-state index contributed by atoms with van der Waals surface area (Å²) in [6, 6.07) is 4.50. The zero-order valence-corrected chi connectivity index (χ0v) is 14.3. The lowest BCUT2D eigenvalue weighted by molar-refractivity contribution is -0.136. The summed E-state index contributed by atoms with van der Waals surface area (Å²) in [7, 11) is 0. The van der Waals surface area contributed by atoms with Crippen molar-refractivity contribution < 1.29 is 23.5 Å². The molecule has 0 saturated heterocycles. The van der Waals surface area contributed by atoms with Crippen molar-refractivity contribution in [1.29, 1.82) is 0 Å². The fourth-order valence-corrected chi connectivity index (χ4v) is 3.71. The van der Waals surface area contributed by atoms with E-state index < -0.39 is 23.8 Å². The first-order valence-corrected chi connectivity index (χ1v) is 8.27. The van der Waals surface area contributed by atoms with E-state index in [0.29, 0.717) is 28.1 Å². The molecule has 1 aromatic carbocycles. The highest BCUT2D eigenvalue weighted by atomic mass is 79.9. The Hall–Kier alpha value is -1.99. The molecule has 0 aromatic heterocycles. The van der Waals surface area contributed by atoms with Gasteiger partial charge in [-0.1, -0.05) is 6.07 Å². The molecule has 0 spiro atoms. The van der Waals surface area contributed by atoms with Gasteiger partial charge >= 0.3 is 5.97 Å². The van der Waals surface area contributed by atoms with Gasteiger partial charge in [-0.15, -0.1) is 0 Å². The van der Waals surface area contributed by atoms with E-state index in [2.05, 4.69) is 21.2 Å². The third-order valence-corrected chi connectivity index (χ3v) is 5.09. The lowest BCUT2D eigenvalue weighted by Gasteiger charge is -2.34. The highest BCUT2D eigenvalue weighted by Gasteiger charge is 2.44. The van der Waals surface area contributed by atoms with Gasteiger partial charge in [-0.2, -0.15) is 0 Å². The molecule has 0 saturated carbocycles. The van der Waals surface area contributed by atoms with E-state index in [4.69, 9.17) is 9.47 Å². The first kappa shape index (κ1) is 15.5. The fourth-order valence-electron chi connectivity index (χ4n) is 3.31. The van der Waals surface area contributed by atoms with Crippen molar-refractivity contribution in [3.63, 3.8) is 0 Å². The van der Waals surface area contributed by atoms with Gasteiger partial charge in [-0.25, -0.2) is 9.18 Å². The van der Waals surface area contributed by atoms with Crippen molar-refractivity contribution in [2.45, 2.75) is 18.9 Å². The number of cyclic esters (lactones) is 1. The van der Waals surface area contributed by atoms with E-state index in [1.807, 2.05) is 0 Å². The first-order valence-electron chi connectivity index (χ1n) is 7.48. The molecular formula is C17H13BrFNO4. The van der Waals surface area contributed by atoms with Crippen LogP contribution >= 0.6 is 15.9 Å². The van der Waals surface area contributed by atoms with Gasteiger partial charge in [0.15, 0.2) is 5.78 Å². The minimum Gasteiger partial charge on any atom is -0.456 e. The van der Waals surface area contributed by atoms with Crippen LogP contribution in [0.1, 0.15) is 18.4 Å². The molecule has 0 radical (unpaired) electrons. The fraction of sp³-hybridized carbons (Fsp3) is 0.294. The van der Waals surface area contributed by atoms with E-state index >= 15 is 0 Å². The average Bonchev–Trinajstić information content (AvgIpc) is 2.93. The molecule has 0 amide bonds. The number of hydrogen-bond donors (Lipinski definition) is 1. The molecule has 1 N–H and O–H groups in total. The monoisotopic (exact) mass is 393 g/mol. The zero-order valence-electron chi connectivity index (χ0n) is 12.7. The number of carbonyl (C=O) groups is 2. The number of halogens is 2. The Morgan fingerprint density at radius 2 is 1.96 bits per heavy atom. The maximum absolute atomic E-state index is 13.6. The summed E-state index contributed by atoms with van der Waals surface area (Å²) in [4.78, 5) is 24.9. The van der Waals surface area contributed by atoms with Crippen LogP contribution in [0.15, 0.2) is 45.2 Å². The second-order valence-electron chi connectivity index (χ2n) is 5.91. The summed E-state index contributed by atoms with van der Waals surface area (Å²) >= 11 is 3.17. The second kappa shape index (κ2) is 5.53. The Morgan fingerprint density at radius 3 is 2.71 bits per heavy atom. The maximum atomic E-state index is 13.6. The molecule has 0 aliphatic carbocycles. The number of hydrogen-bond acceptors (Lipinski definition) is 5. The van der Waals surface area contributed by atoms with E-state index in [0.717, 1.165) is 0 Å². The molecule has 124 valence electrons. The van der Waals surface area contributed by atoms with Gasteiger partial charge in [0.25, 0.3) is 0 Å². The van der Waals surface area contributed by atoms with Crippen LogP contribution < -0.4 is 5.32 Å². The number of dihydropyridines is 1. The number of rotatable bonds is 1. The molecule has 1 aromatic rings.